The lowest BCUT2D eigenvalue weighted by molar-refractivity contribution is -0.131. The van der Waals surface area contributed by atoms with E-state index in [1.165, 1.54) is 0 Å². The number of carbonyl (C=O) groups is 1. The summed E-state index contributed by atoms with van der Waals surface area (Å²) in [5.74, 6) is 2.48. The Morgan fingerprint density at radius 1 is 1.25 bits per heavy atom. The van der Waals surface area contributed by atoms with Gasteiger partial charge in [0.25, 0.3) is 0 Å². The molecule has 144 valence electrons. The third-order valence-electron chi connectivity index (χ3n) is 5.14. The van der Waals surface area contributed by atoms with E-state index in [9.17, 15) is 4.79 Å². The minimum absolute atomic E-state index is 0.0398. The summed E-state index contributed by atoms with van der Waals surface area (Å²) in [6.07, 6.45) is 9.32. The van der Waals surface area contributed by atoms with Crippen LogP contribution in [0.1, 0.15) is 36.0 Å². The Hall–Kier alpha value is -3.22. The summed E-state index contributed by atoms with van der Waals surface area (Å²) in [4.78, 5) is 28.3. The van der Waals surface area contributed by atoms with Crippen LogP contribution in [0.25, 0.3) is 5.82 Å². The van der Waals surface area contributed by atoms with Crippen LogP contribution in [0.4, 0.5) is 0 Å². The highest BCUT2D eigenvalue weighted by Crippen LogP contribution is 2.31. The molecule has 4 rings (SSSR count). The fourth-order valence-corrected chi connectivity index (χ4v) is 3.66. The molecule has 1 aromatic carbocycles. The molecule has 1 fully saturated rings. The van der Waals surface area contributed by atoms with Gasteiger partial charge in [0.1, 0.15) is 11.6 Å². The molecule has 0 radical (unpaired) electrons. The molecule has 0 aliphatic carbocycles. The number of benzene rings is 1. The molecule has 28 heavy (non-hydrogen) atoms. The molecule has 7 nitrogen and oxygen atoms in total. The number of carbonyl (C=O) groups excluding carboxylic acids is 1. The maximum absolute atomic E-state index is 13.0. The topological polar surface area (TPSA) is 73.1 Å². The second-order valence-corrected chi connectivity index (χ2v) is 6.92. The molecule has 2 aromatic heterocycles. The lowest BCUT2D eigenvalue weighted by Crippen LogP contribution is -2.32. The van der Waals surface area contributed by atoms with E-state index >= 15 is 0 Å². The number of hydrogen-bond donors (Lipinski definition) is 0. The zero-order valence-electron chi connectivity index (χ0n) is 16.1. The van der Waals surface area contributed by atoms with Gasteiger partial charge in [0, 0.05) is 18.9 Å². The smallest absolute Gasteiger partial charge is 0.227 e. The Labute approximate surface area is 164 Å². The van der Waals surface area contributed by atoms with Crippen LogP contribution in [0.15, 0.2) is 49.1 Å². The van der Waals surface area contributed by atoms with Crippen molar-refractivity contribution in [2.45, 2.75) is 32.2 Å². The lowest BCUT2D eigenvalue weighted by Gasteiger charge is -2.24. The Morgan fingerprint density at radius 3 is 2.79 bits per heavy atom. The van der Waals surface area contributed by atoms with Gasteiger partial charge in [-0.15, -0.1) is 0 Å². The van der Waals surface area contributed by atoms with E-state index in [4.69, 9.17) is 9.72 Å². The zero-order valence-corrected chi connectivity index (χ0v) is 16.1. The van der Waals surface area contributed by atoms with E-state index in [-0.39, 0.29) is 11.9 Å². The fourth-order valence-electron chi connectivity index (χ4n) is 3.66. The summed E-state index contributed by atoms with van der Waals surface area (Å²) in [5.41, 5.74) is 1.80. The van der Waals surface area contributed by atoms with Crippen molar-refractivity contribution < 1.29 is 9.53 Å². The normalized spacial score (nSPS) is 16.4. The number of aryl methyl sites for hydroxylation is 1. The summed E-state index contributed by atoms with van der Waals surface area (Å²) in [6.45, 7) is 2.67. The van der Waals surface area contributed by atoms with Crippen LogP contribution < -0.4 is 4.74 Å². The predicted molar refractivity (Wildman–Crippen MR) is 104 cm³/mol. The van der Waals surface area contributed by atoms with Crippen LogP contribution in [-0.2, 0) is 11.2 Å². The number of likely N-dealkylation sites (tertiary alicyclic amines) is 1. The van der Waals surface area contributed by atoms with Gasteiger partial charge in [0.05, 0.1) is 37.7 Å². The van der Waals surface area contributed by atoms with Gasteiger partial charge in [0.2, 0.25) is 5.91 Å². The Morgan fingerprint density at radius 2 is 2.07 bits per heavy atom. The zero-order chi connectivity index (χ0) is 19.5. The quantitative estimate of drug-likeness (QED) is 0.684. The molecule has 1 amide bonds. The molecule has 1 unspecified atom stereocenters. The van der Waals surface area contributed by atoms with Gasteiger partial charge in [-0.2, -0.15) is 0 Å². The number of ether oxygens (including phenoxy) is 1. The van der Waals surface area contributed by atoms with E-state index < -0.39 is 0 Å². The number of nitrogens with zero attached hydrogens (tertiary/aromatic N) is 5. The van der Waals surface area contributed by atoms with Crippen molar-refractivity contribution in [1.29, 1.82) is 0 Å². The van der Waals surface area contributed by atoms with Gasteiger partial charge in [0.15, 0.2) is 5.82 Å². The van der Waals surface area contributed by atoms with E-state index in [2.05, 4.69) is 9.97 Å². The maximum Gasteiger partial charge on any atom is 0.227 e. The molecule has 1 atom stereocenters. The third-order valence-corrected chi connectivity index (χ3v) is 5.14. The fraction of sp³-hybridized carbons (Fsp3) is 0.333. The molecule has 1 aliphatic rings. The van der Waals surface area contributed by atoms with Gasteiger partial charge >= 0.3 is 0 Å². The van der Waals surface area contributed by atoms with Crippen molar-refractivity contribution in [3.63, 3.8) is 0 Å². The van der Waals surface area contributed by atoms with Crippen LogP contribution in [0, 0.1) is 6.92 Å². The van der Waals surface area contributed by atoms with Crippen molar-refractivity contribution >= 4 is 5.91 Å². The molecule has 7 heteroatoms. The Bertz CT molecular complexity index is 967. The molecule has 3 aromatic rings. The minimum Gasteiger partial charge on any atom is -0.497 e. The second-order valence-electron chi connectivity index (χ2n) is 6.92. The molecule has 0 saturated carbocycles. The lowest BCUT2D eigenvalue weighted by atomic mass is 10.1. The largest absolute Gasteiger partial charge is 0.497 e. The Kier molecular flexibility index (Phi) is 5.06. The first kappa shape index (κ1) is 18.2. The molecule has 0 spiro atoms. The second kappa shape index (κ2) is 7.80. The van der Waals surface area contributed by atoms with Gasteiger partial charge in [-0.05, 0) is 37.5 Å². The minimum atomic E-state index is -0.0398. The van der Waals surface area contributed by atoms with Gasteiger partial charge in [-0.1, -0.05) is 12.1 Å². The number of amides is 1. The van der Waals surface area contributed by atoms with Crippen LogP contribution in [0.5, 0.6) is 5.75 Å². The monoisotopic (exact) mass is 377 g/mol. The summed E-state index contributed by atoms with van der Waals surface area (Å²) in [6, 6.07) is 7.59. The first-order valence-corrected chi connectivity index (χ1v) is 9.40. The van der Waals surface area contributed by atoms with Gasteiger partial charge < -0.3 is 9.64 Å². The van der Waals surface area contributed by atoms with E-state index in [1.807, 2.05) is 46.9 Å². The summed E-state index contributed by atoms with van der Waals surface area (Å²) < 4.78 is 7.08. The highest BCUT2D eigenvalue weighted by Gasteiger charge is 2.31. The molecular weight excluding hydrogens is 354 g/mol. The highest BCUT2D eigenvalue weighted by molar-refractivity contribution is 5.79. The van der Waals surface area contributed by atoms with Gasteiger partial charge in [-0.3, -0.25) is 14.3 Å². The molecule has 1 aliphatic heterocycles. The first-order chi connectivity index (χ1) is 13.7. The first-order valence-electron chi connectivity index (χ1n) is 9.40. The van der Waals surface area contributed by atoms with E-state index in [0.29, 0.717) is 6.42 Å². The van der Waals surface area contributed by atoms with Crippen molar-refractivity contribution in [2.24, 2.45) is 0 Å². The number of rotatable bonds is 5. The van der Waals surface area contributed by atoms with Crippen LogP contribution >= 0.6 is 0 Å². The number of aromatic nitrogens is 4. The van der Waals surface area contributed by atoms with Crippen LogP contribution in [0.3, 0.4) is 0 Å². The summed E-state index contributed by atoms with van der Waals surface area (Å²) >= 11 is 0. The number of imidazole rings is 1. The third kappa shape index (κ3) is 3.60. The van der Waals surface area contributed by atoms with E-state index in [0.717, 1.165) is 48.0 Å². The molecule has 3 heterocycles. The summed E-state index contributed by atoms with van der Waals surface area (Å²) in [7, 11) is 1.63. The average molecular weight is 377 g/mol. The highest BCUT2D eigenvalue weighted by atomic mass is 16.5. The number of methoxy groups -OCH3 is 1. The van der Waals surface area contributed by atoms with Crippen LogP contribution in [-0.4, -0.2) is 44.0 Å². The SMILES string of the molecule is COc1ccc(CC(=O)N2CCCC2c2cncc(-n3ccnc3C)n2)cc1. The maximum atomic E-state index is 13.0. The standard InChI is InChI=1S/C21H23N5O2/c1-15-23-9-11-25(15)20-14-22-13-18(24-20)19-4-3-10-26(19)21(27)12-16-5-7-17(28-2)8-6-16/h5-9,11,13-14,19H,3-4,10,12H2,1-2H3. The van der Waals surface area contributed by atoms with Crippen molar-refractivity contribution in [3.8, 4) is 11.6 Å². The van der Waals surface area contributed by atoms with Crippen molar-refractivity contribution in [2.75, 3.05) is 13.7 Å². The molecule has 0 bridgehead atoms. The molecule has 0 N–H and O–H groups in total. The summed E-state index contributed by atoms with van der Waals surface area (Å²) in [5, 5.41) is 0. The van der Waals surface area contributed by atoms with Crippen molar-refractivity contribution in [1.82, 2.24) is 24.4 Å². The van der Waals surface area contributed by atoms with Crippen LogP contribution in [0.2, 0.25) is 0 Å². The Balaban J connectivity index is 1.53. The van der Waals surface area contributed by atoms with Crippen molar-refractivity contribution in [3.05, 3.63) is 66.1 Å². The molecular formula is C21H23N5O2. The average Bonchev–Trinajstić information content (AvgIpc) is 3.38. The number of hydrogen-bond acceptors (Lipinski definition) is 5. The predicted octanol–water partition coefficient (Wildman–Crippen LogP) is 2.89. The van der Waals surface area contributed by atoms with E-state index in [1.54, 1.807) is 25.7 Å². The van der Waals surface area contributed by atoms with Gasteiger partial charge in [-0.25, -0.2) is 9.97 Å². The molecule has 1 saturated heterocycles.